The van der Waals surface area contributed by atoms with Crippen LogP contribution in [0.15, 0.2) is 18.2 Å². The zero-order valence-electron chi connectivity index (χ0n) is 14.9. The maximum atomic E-state index is 12.2. The number of piperazine rings is 1. The number of aromatic nitrogens is 1. The van der Waals surface area contributed by atoms with E-state index in [0.717, 1.165) is 49.7 Å². The van der Waals surface area contributed by atoms with Crippen LogP contribution in [-0.2, 0) is 4.79 Å². The summed E-state index contributed by atoms with van der Waals surface area (Å²) in [5.41, 5.74) is 2.47. The highest BCUT2D eigenvalue weighted by Gasteiger charge is 2.23. The Morgan fingerprint density at radius 1 is 1.25 bits per heavy atom. The molecule has 0 bridgehead atoms. The molecule has 1 saturated heterocycles. The SMILES string of the molecule is CCCCC(=O)N1CCN(c2nc3c(C(C)C)cccc3s2)CC1. The second-order valence-electron chi connectivity index (χ2n) is 6.82. The molecule has 1 fully saturated rings. The molecule has 2 aromatic rings. The fraction of sp³-hybridized carbons (Fsp3) is 0.579. The van der Waals surface area contributed by atoms with Crippen LogP contribution in [0, 0.1) is 0 Å². The fourth-order valence-corrected chi connectivity index (χ4v) is 4.24. The second kappa shape index (κ2) is 7.51. The zero-order valence-corrected chi connectivity index (χ0v) is 15.7. The van der Waals surface area contributed by atoms with E-state index in [-0.39, 0.29) is 0 Å². The van der Waals surface area contributed by atoms with Crippen LogP contribution in [0.4, 0.5) is 5.13 Å². The molecule has 1 aliphatic heterocycles. The molecule has 130 valence electrons. The van der Waals surface area contributed by atoms with Crippen LogP contribution in [0.1, 0.15) is 51.5 Å². The maximum Gasteiger partial charge on any atom is 0.222 e. The summed E-state index contributed by atoms with van der Waals surface area (Å²) in [5.74, 6) is 0.791. The van der Waals surface area contributed by atoms with Crippen molar-refractivity contribution in [3.05, 3.63) is 23.8 Å². The fourth-order valence-electron chi connectivity index (χ4n) is 3.19. The van der Waals surface area contributed by atoms with Gasteiger partial charge in [-0.3, -0.25) is 4.79 Å². The Hall–Kier alpha value is -1.62. The molecule has 2 heterocycles. The van der Waals surface area contributed by atoms with Crippen LogP contribution in [0.2, 0.25) is 0 Å². The second-order valence-corrected chi connectivity index (χ2v) is 7.83. The van der Waals surface area contributed by atoms with Crippen LogP contribution >= 0.6 is 11.3 Å². The van der Waals surface area contributed by atoms with Crippen molar-refractivity contribution < 1.29 is 4.79 Å². The summed E-state index contributed by atoms with van der Waals surface area (Å²) in [6.07, 6.45) is 2.76. The molecular formula is C19H27N3OS. The van der Waals surface area contributed by atoms with Crippen molar-refractivity contribution in [1.29, 1.82) is 0 Å². The number of unbranched alkanes of at least 4 members (excludes halogenated alkanes) is 1. The van der Waals surface area contributed by atoms with E-state index >= 15 is 0 Å². The highest BCUT2D eigenvalue weighted by Crippen LogP contribution is 2.33. The van der Waals surface area contributed by atoms with Gasteiger partial charge in [-0.25, -0.2) is 4.98 Å². The van der Waals surface area contributed by atoms with Crippen molar-refractivity contribution in [3.63, 3.8) is 0 Å². The molecule has 0 spiro atoms. The first-order valence-electron chi connectivity index (χ1n) is 9.02. The number of nitrogens with zero attached hydrogens (tertiary/aromatic N) is 3. The third-order valence-electron chi connectivity index (χ3n) is 4.71. The van der Waals surface area contributed by atoms with E-state index in [9.17, 15) is 4.79 Å². The summed E-state index contributed by atoms with van der Waals surface area (Å²) in [5, 5.41) is 1.10. The summed E-state index contributed by atoms with van der Waals surface area (Å²) in [7, 11) is 0. The Morgan fingerprint density at radius 3 is 2.67 bits per heavy atom. The van der Waals surface area contributed by atoms with Gasteiger partial charge < -0.3 is 9.80 Å². The minimum absolute atomic E-state index is 0.308. The van der Waals surface area contributed by atoms with Gasteiger partial charge in [-0.1, -0.05) is 50.7 Å². The summed E-state index contributed by atoms with van der Waals surface area (Å²) in [4.78, 5) is 21.4. The standard InChI is InChI=1S/C19H27N3OS/c1-4-5-9-17(23)21-10-12-22(13-11-21)19-20-18-15(14(2)3)7-6-8-16(18)24-19/h6-8,14H,4-5,9-13H2,1-3H3. The summed E-state index contributed by atoms with van der Waals surface area (Å²) in [6.45, 7) is 9.96. The molecular weight excluding hydrogens is 318 g/mol. The van der Waals surface area contributed by atoms with Crippen LogP contribution in [0.5, 0.6) is 0 Å². The molecule has 24 heavy (non-hydrogen) atoms. The van der Waals surface area contributed by atoms with Crippen molar-refractivity contribution >= 4 is 32.6 Å². The number of thiazole rings is 1. The predicted molar refractivity (Wildman–Crippen MR) is 102 cm³/mol. The van der Waals surface area contributed by atoms with Gasteiger partial charge in [0.05, 0.1) is 10.2 Å². The van der Waals surface area contributed by atoms with E-state index in [1.165, 1.54) is 10.3 Å². The van der Waals surface area contributed by atoms with Crippen LogP contribution in [-0.4, -0.2) is 42.0 Å². The monoisotopic (exact) mass is 345 g/mol. The molecule has 1 amide bonds. The number of rotatable bonds is 5. The molecule has 1 aromatic carbocycles. The lowest BCUT2D eigenvalue weighted by Gasteiger charge is -2.34. The molecule has 0 N–H and O–H groups in total. The normalized spacial score (nSPS) is 15.5. The summed E-state index contributed by atoms with van der Waals surface area (Å²) >= 11 is 1.77. The molecule has 0 aliphatic carbocycles. The average Bonchev–Trinajstić information content (AvgIpc) is 3.03. The number of benzene rings is 1. The molecule has 4 nitrogen and oxygen atoms in total. The van der Waals surface area contributed by atoms with Gasteiger partial charge in [0.2, 0.25) is 5.91 Å². The maximum absolute atomic E-state index is 12.2. The number of hydrogen-bond donors (Lipinski definition) is 0. The Morgan fingerprint density at radius 2 is 2.00 bits per heavy atom. The van der Waals surface area contributed by atoms with E-state index in [4.69, 9.17) is 4.98 Å². The quantitative estimate of drug-likeness (QED) is 0.812. The number of fused-ring (bicyclic) bond motifs is 1. The van der Waals surface area contributed by atoms with Crippen molar-refractivity contribution in [2.45, 2.75) is 46.0 Å². The third-order valence-corrected chi connectivity index (χ3v) is 5.79. The third kappa shape index (κ3) is 3.56. The van der Waals surface area contributed by atoms with Crippen molar-refractivity contribution in [3.8, 4) is 0 Å². The molecule has 1 aromatic heterocycles. The Kier molecular flexibility index (Phi) is 5.39. The highest BCUT2D eigenvalue weighted by molar-refractivity contribution is 7.22. The van der Waals surface area contributed by atoms with Gasteiger partial charge in [-0.15, -0.1) is 0 Å². The smallest absolute Gasteiger partial charge is 0.222 e. The lowest BCUT2D eigenvalue weighted by molar-refractivity contribution is -0.131. The minimum atomic E-state index is 0.308. The first kappa shape index (κ1) is 17.2. The first-order chi connectivity index (χ1) is 11.6. The van der Waals surface area contributed by atoms with Gasteiger partial charge in [-0.05, 0) is 24.0 Å². The van der Waals surface area contributed by atoms with Gasteiger partial charge in [0.15, 0.2) is 5.13 Å². The molecule has 0 atom stereocenters. The zero-order chi connectivity index (χ0) is 17.1. The lowest BCUT2D eigenvalue weighted by Crippen LogP contribution is -2.48. The average molecular weight is 346 g/mol. The van der Waals surface area contributed by atoms with Crippen LogP contribution < -0.4 is 4.90 Å². The number of hydrogen-bond acceptors (Lipinski definition) is 4. The molecule has 0 saturated carbocycles. The number of anilines is 1. The summed E-state index contributed by atoms with van der Waals surface area (Å²) < 4.78 is 1.26. The molecule has 0 unspecified atom stereocenters. The largest absolute Gasteiger partial charge is 0.345 e. The van der Waals surface area contributed by atoms with Gasteiger partial charge in [0, 0.05) is 32.6 Å². The number of amides is 1. The number of carbonyl (C=O) groups excluding carboxylic acids is 1. The van der Waals surface area contributed by atoms with Crippen molar-refractivity contribution in [2.75, 3.05) is 31.1 Å². The van der Waals surface area contributed by atoms with Crippen LogP contribution in [0.3, 0.4) is 0 Å². The van der Waals surface area contributed by atoms with Crippen molar-refractivity contribution in [2.24, 2.45) is 0 Å². The Balaban J connectivity index is 1.69. The molecule has 5 heteroatoms. The highest BCUT2D eigenvalue weighted by atomic mass is 32.1. The molecule has 1 aliphatic rings. The number of carbonyl (C=O) groups is 1. The first-order valence-corrected chi connectivity index (χ1v) is 9.84. The van der Waals surface area contributed by atoms with E-state index in [2.05, 4.69) is 43.9 Å². The Labute approximate surface area is 148 Å². The molecule has 0 radical (unpaired) electrons. The van der Waals surface area contributed by atoms with Gasteiger partial charge >= 0.3 is 0 Å². The van der Waals surface area contributed by atoms with Gasteiger partial charge in [-0.2, -0.15) is 0 Å². The van der Waals surface area contributed by atoms with Gasteiger partial charge in [0.1, 0.15) is 0 Å². The van der Waals surface area contributed by atoms with E-state index in [1.807, 2.05) is 4.90 Å². The van der Waals surface area contributed by atoms with E-state index in [0.29, 0.717) is 18.2 Å². The predicted octanol–water partition coefficient (Wildman–Crippen LogP) is 4.26. The topological polar surface area (TPSA) is 36.4 Å². The van der Waals surface area contributed by atoms with E-state index in [1.54, 1.807) is 11.3 Å². The Bertz CT molecular complexity index is 702. The lowest BCUT2D eigenvalue weighted by atomic mass is 10.0. The van der Waals surface area contributed by atoms with Gasteiger partial charge in [0.25, 0.3) is 0 Å². The summed E-state index contributed by atoms with van der Waals surface area (Å²) in [6, 6.07) is 6.47. The molecule has 3 rings (SSSR count). The number of para-hydroxylation sites is 1. The van der Waals surface area contributed by atoms with E-state index < -0.39 is 0 Å². The van der Waals surface area contributed by atoms with Crippen molar-refractivity contribution in [1.82, 2.24) is 9.88 Å². The minimum Gasteiger partial charge on any atom is -0.345 e. The van der Waals surface area contributed by atoms with Crippen LogP contribution in [0.25, 0.3) is 10.2 Å².